The molecule has 3 rings (SSSR count). The van der Waals surface area contributed by atoms with Gasteiger partial charge in [-0.25, -0.2) is 4.98 Å². The Hall–Kier alpha value is -2.07. The van der Waals surface area contributed by atoms with Gasteiger partial charge in [0.1, 0.15) is 11.5 Å². The molecule has 0 atom stereocenters. The molecule has 0 bridgehead atoms. The molecule has 0 saturated carbocycles. The molecule has 18 heavy (non-hydrogen) atoms. The summed E-state index contributed by atoms with van der Waals surface area (Å²) in [6.45, 7) is 1.79. The van der Waals surface area contributed by atoms with Gasteiger partial charge in [-0.1, -0.05) is 23.7 Å². The van der Waals surface area contributed by atoms with Gasteiger partial charge in [-0.15, -0.1) is 0 Å². The van der Waals surface area contributed by atoms with Crippen LogP contribution in [0.25, 0.3) is 22.6 Å². The highest BCUT2D eigenvalue weighted by Gasteiger charge is 2.16. The van der Waals surface area contributed by atoms with Gasteiger partial charge < -0.3 is 10.1 Å². The third-order valence-electron chi connectivity index (χ3n) is 2.71. The van der Waals surface area contributed by atoms with Crippen molar-refractivity contribution in [1.82, 2.24) is 15.0 Å². The topological polar surface area (TPSA) is 61.8 Å². The zero-order valence-corrected chi connectivity index (χ0v) is 10.4. The summed E-state index contributed by atoms with van der Waals surface area (Å²) in [5.41, 5.74) is 2.97. The normalized spacial score (nSPS) is 11.0. The second-order valence-corrected chi connectivity index (χ2v) is 4.49. The third-order valence-corrected chi connectivity index (χ3v) is 2.96. The van der Waals surface area contributed by atoms with Crippen LogP contribution in [-0.4, -0.2) is 20.1 Å². The molecule has 1 aromatic carbocycles. The summed E-state index contributed by atoms with van der Waals surface area (Å²) < 4.78 is 0. The zero-order chi connectivity index (χ0) is 12.7. The predicted octanol–water partition coefficient (Wildman–Crippen LogP) is 3.24. The average molecular weight is 260 g/mol. The number of hydrogen-bond donors (Lipinski definition) is 2. The first-order valence-electron chi connectivity index (χ1n) is 5.46. The zero-order valence-electron chi connectivity index (χ0n) is 9.61. The predicted molar refractivity (Wildman–Crippen MR) is 69.9 cm³/mol. The molecular formula is C13H10ClN3O. The molecule has 1 aromatic rings. The van der Waals surface area contributed by atoms with E-state index in [1.807, 2.05) is 30.3 Å². The lowest BCUT2D eigenvalue weighted by atomic mass is 10.1. The largest absolute Gasteiger partial charge is 0.492 e. The molecular weight excluding hydrogens is 250 g/mol. The van der Waals surface area contributed by atoms with Gasteiger partial charge in [-0.2, -0.15) is 4.98 Å². The van der Waals surface area contributed by atoms with E-state index in [1.165, 1.54) is 0 Å². The van der Waals surface area contributed by atoms with Crippen LogP contribution < -0.4 is 0 Å². The summed E-state index contributed by atoms with van der Waals surface area (Å²) in [5.74, 6) is 0.594. The van der Waals surface area contributed by atoms with E-state index in [-0.39, 0.29) is 5.88 Å². The number of aromatic nitrogens is 3. The lowest BCUT2D eigenvalue weighted by molar-refractivity contribution is 0.450. The number of fused-ring (bicyclic) bond motifs is 1. The molecule has 2 N–H and O–H groups in total. The Balaban J connectivity index is 2.17. The van der Waals surface area contributed by atoms with Crippen molar-refractivity contribution in [2.75, 3.05) is 0 Å². The van der Waals surface area contributed by atoms with Crippen LogP contribution in [0.3, 0.4) is 0 Å². The van der Waals surface area contributed by atoms with Gasteiger partial charge in [0.25, 0.3) is 0 Å². The molecule has 5 heteroatoms. The van der Waals surface area contributed by atoms with E-state index < -0.39 is 0 Å². The maximum atomic E-state index is 9.74. The summed E-state index contributed by atoms with van der Waals surface area (Å²) in [4.78, 5) is 11.4. The van der Waals surface area contributed by atoms with Gasteiger partial charge in [-0.3, -0.25) is 0 Å². The van der Waals surface area contributed by atoms with Crippen molar-refractivity contribution in [1.29, 1.82) is 0 Å². The summed E-state index contributed by atoms with van der Waals surface area (Å²) in [7, 11) is 0. The molecule has 0 fully saturated rings. The highest BCUT2D eigenvalue weighted by Crippen LogP contribution is 2.32. The monoisotopic (exact) mass is 259 g/mol. The second-order valence-electron chi connectivity index (χ2n) is 4.06. The number of aromatic hydroxyl groups is 1. The highest BCUT2D eigenvalue weighted by molar-refractivity contribution is 6.30. The molecule has 2 aliphatic rings. The van der Waals surface area contributed by atoms with Crippen LogP contribution in [0.2, 0.25) is 5.02 Å². The number of nitrogens with zero attached hydrogens (tertiary/aromatic N) is 2. The van der Waals surface area contributed by atoms with Crippen LogP contribution in [0.15, 0.2) is 30.3 Å². The molecule has 0 saturated heterocycles. The first-order valence-corrected chi connectivity index (χ1v) is 5.83. The molecule has 0 radical (unpaired) electrons. The van der Waals surface area contributed by atoms with E-state index in [2.05, 4.69) is 15.0 Å². The lowest BCUT2D eigenvalue weighted by Crippen LogP contribution is -1.91. The first-order chi connectivity index (χ1) is 8.63. The van der Waals surface area contributed by atoms with E-state index in [1.54, 1.807) is 6.92 Å². The highest BCUT2D eigenvalue weighted by atomic mass is 35.5. The molecule has 4 nitrogen and oxygen atoms in total. The van der Waals surface area contributed by atoms with Crippen molar-refractivity contribution in [2.24, 2.45) is 0 Å². The molecule has 90 valence electrons. The fourth-order valence-corrected chi connectivity index (χ4v) is 2.01. The maximum Gasteiger partial charge on any atom is 0.241 e. The van der Waals surface area contributed by atoms with E-state index in [0.717, 1.165) is 17.0 Å². The smallest absolute Gasteiger partial charge is 0.241 e. The number of rotatable bonds is 1. The summed E-state index contributed by atoms with van der Waals surface area (Å²) in [6.07, 6.45) is 0. The van der Waals surface area contributed by atoms with E-state index >= 15 is 0 Å². The fraction of sp³-hybridized carbons (Fsp3) is 0.0769. The fourth-order valence-electron chi connectivity index (χ4n) is 1.89. The van der Waals surface area contributed by atoms with Crippen molar-refractivity contribution in [2.45, 2.75) is 6.92 Å². The van der Waals surface area contributed by atoms with E-state index in [9.17, 15) is 5.11 Å². The van der Waals surface area contributed by atoms with Crippen LogP contribution in [0.5, 0.6) is 5.88 Å². The average Bonchev–Trinajstić information content (AvgIpc) is 2.74. The molecule has 2 aliphatic heterocycles. The number of aryl methyl sites for hydroxylation is 1. The Kier molecular flexibility index (Phi) is 2.45. The van der Waals surface area contributed by atoms with Crippen molar-refractivity contribution in [3.63, 3.8) is 0 Å². The first kappa shape index (κ1) is 11.0. The Bertz CT molecular complexity index is 675. The van der Waals surface area contributed by atoms with Crippen LogP contribution in [-0.2, 0) is 0 Å². The van der Waals surface area contributed by atoms with Crippen LogP contribution >= 0.6 is 11.6 Å². The molecule has 0 unspecified atom stereocenters. The van der Waals surface area contributed by atoms with E-state index in [0.29, 0.717) is 16.5 Å². The van der Waals surface area contributed by atoms with Gasteiger partial charge in [0.2, 0.25) is 5.88 Å². The molecule has 0 spiro atoms. The van der Waals surface area contributed by atoms with Crippen molar-refractivity contribution in [3.8, 4) is 28.5 Å². The molecule has 0 amide bonds. The second kappa shape index (κ2) is 3.99. The summed E-state index contributed by atoms with van der Waals surface area (Å²) in [5, 5.41) is 10.4. The Labute approximate surface area is 109 Å². The number of benzene rings is 1. The number of aromatic amines is 1. The minimum absolute atomic E-state index is 0.0542. The van der Waals surface area contributed by atoms with Crippen molar-refractivity contribution < 1.29 is 5.11 Å². The van der Waals surface area contributed by atoms with Crippen molar-refractivity contribution in [3.05, 3.63) is 41.2 Å². The quantitative estimate of drug-likeness (QED) is 0.705. The minimum Gasteiger partial charge on any atom is -0.492 e. The van der Waals surface area contributed by atoms with Gasteiger partial charge in [-0.05, 0) is 25.1 Å². The number of halogens is 1. The van der Waals surface area contributed by atoms with Crippen LogP contribution in [0.4, 0.5) is 0 Å². The lowest BCUT2D eigenvalue weighted by Gasteiger charge is -2.01. The number of nitrogens with one attached hydrogen (secondary N) is 1. The van der Waals surface area contributed by atoms with Gasteiger partial charge in [0, 0.05) is 10.6 Å². The standard InChI is InChI=1S/C13H10ClN3O/c1-7-15-11-6-10(17-12(11)13(18)16-7)8-2-4-9(14)5-3-8/h2-6,18H,1H3,(H,15,16). The van der Waals surface area contributed by atoms with Crippen molar-refractivity contribution >= 4 is 11.6 Å². The minimum atomic E-state index is -0.0542. The molecule has 0 aromatic heterocycles. The Morgan fingerprint density at radius 2 is 1.89 bits per heavy atom. The Morgan fingerprint density at radius 1 is 1.17 bits per heavy atom. The number of H-pyrrole nitrogens is 1. The van der Waals surface area contributed by atoms with Gasteiger partial charge in [0.05, 0.1) is 11.4 Å². The Morgan fingerprint density at radius 3 is 2.61 bits per heavy atom. The van der Waals surface area contributed by atoms with Gasteiger partial charge >= 0.3 is 0 Å². The maximum absolute atomic E-state index is 9.74. The molecule has 0 aliphatic carbocycles. The SMILES string of the molecule is Cc1nc(O)c2nc(-c3ccc(Cl)cc3)cc-2[nH]1. The molecule has 2 heterocycles. The van der Waals surface area contributed by atoms with Crippen LogP contribution in [0.1, 0.15) is 5.82 Å². The van der Waals surface area contributed by atoms with E-state index in [4.69, 9.17) is 11.6 Å². The van der Waals surface area contributed by atoms with Gasteiger partial charge in [0.15, 0.2) is 0 Å². The number of hydrogen-bond acceptors (Lipinski definition) is 3. The third kappa shape index (κ3) is 1.80. The summed E-state index contributed by atoms with van der Waals surface area (Å²) in [6, 6.07) is 9.28. The summed E-state index contributed by atoms with van der Waals surface area (Å²) >= 11 is 5.85. The van der Waals surface area contributed by atoms with Crippen LogP contribution in [0, 0.1) is 6.92 Å².